The molecule has 0 aliphatic rings. The molecule has 2 N–H and O–H groups in total. The first-order valence-electron chi connectivity index (χ1n) is 7.29. The van der Waals surface area contributed by atoms with E-state index in [2.05, 4.69) is 9.71 Å². The number of fused-ring (bicyclic) bond motifs is 1. The fourth-order valence-electron chi connectivity index (χ4n) is 2.41. The van der Waals surface area contributed by atoms with Gasteiger partial charge in [0.15, 0.2) is 5.58 Å². The lowest BCUT2D eigenvalue weighted by Crippen LogP contribution is -2.27. The van der Waals surface area contributed by atoms with E-state index in [0.29, 0.717) is 11.3 Å². The largest absolute Gasteiger partial charge is 0.497 e. The second-order valence-electron chi connectivity index (χ2n) is 5.41. The highest BCUT2D eigenvalue weighted by molar-refractivity contribution is 7.89. The van der Waals surface area contributed by atoms with Gasteiger partial charge in [-0.25, -0.2) is 17.9 Å². The number of halogens is 1. The number of hydrogen-bond acceptors (Lipinski definition) is 5. The highest BCUT2D eigenvalue weighted by Crippen LogP contribution is 2.28. The molecule has 0 spiro atoms. The van der Waals surface area contributed by atoms with Gasteiger partial charge in [-0.05, 0) is 30.7 Å². The lowest BCUT2D eigenvalue weighted by molar-refractivity contribution is 0.414. The number of methoxy groups -OCH3 is 1. The first-order valence-corrected chi connectivity index (χ1v) is 9.15. The predicted molar refractivity (Wildman–Crippen MR) is 93.6 cm³/mol. The van der Waals surface area contributed by atoms with Crippen LogP contribution in [0.1, 0.15) is 18.5 Å². The van der Waals surface area contributed by atoms with Crippen LogP contribution < -0.4 is 15.2 Å². The minimum atomic E-state index is -3.93. The Morgan fingerprint density at radius 3 is 2.56 bits per heavy atom. The number of hydrogen-bond donors (Lipinski definition) is 2. The number of oxazole rings is 1. The van der Waals surface area contributed by atoms with Crippen molar-refractivity contribution in [1.29, 1.82) is 0 Å². The average Bonchev–Trinajstić information content (AvgIpc) is 2.92. The van der Waals surface area contributed by atoms with E-state index >= 15 is 0 Å². The third-order valence-electron chi connectivity index (χ3n) is 3.71. The fraction of sp³-hybridized carbons (Fsp3) is 0.188. The van der Waals surface area contributed by atoms with E-state index in [1.54, 1.807) is 38.3 Å². The summed E-state index contributed by atoms with van der Waals surface area (Å²) < 4.78 is 37.9. The normalized spacial score (nSPS) is 13.1. The van der Waals surface area contributed by atoms with Gasteiger partial charge in [-0.3, -0.25) is 4.98 Å². The minimum absolute atomic E-state index is 0.0148. The Balaban J connectivity index is 1.92. The molecule has 25 heavy (non-hydrogen) atoms. The zero-order valence-electron chi connectivity index (χ0n) is 13.4. The molecule has 3 aromatic rings. The maximum absolute atomic E-state index is 12.7. The summed E-state index contributed by atoms with van der Waals surface area (Å²) in [6.07, 6.45) is 0. The molecular weight excluding hydrogens is 368 g/mol. The van der Waals surface area contributed by atoms with Gasteiger partial charge in [-0.2, -0.15) is 0 Å². The Kier molecular flexibility index (Phi) is 4.59. The zero-order chi connectivity index (χ0) is 18.2. The van der Waals surface area contributed by atoms with Crippen LogP contribution in [0.4, 0.5) is 0 Å². The molecule has 0 saturated carbocycles. The van der Waals surface area contributed by atoms with E-state index in [-0.39, 0.29) is 15.5 Å². The first-order chi connectivity index (χ1) is 11.8. The monoisotopic (exact) mass is 382 g/mol. The predicted octanol–water partition coefficient (Wildman–Crippen LogP) is 2.82. The van der Waals surface area contributed by atoms with Crippen molar-refractivity contribution in [3.8, 4) is 5.75 Å². The number of H-pyrrole nitrogens is 1. The number of aromatic amines is 1. The molecule has 0 saturated heterocycles. The van der Waals surface area contributed by atoms with Crippen LogP contribution >= 0.6 is 11.6 Å². The molecule has 0 aliphatic heterocycles. The highest BCUT2D eigenvalue weighted by Gasteiger charge is 2.23. The van der Waals surface area contributed by atoms with E-state index in [1.165, 1.54) is 12.1 Å². The quantitative estimate of drug-likeness (QED) is 0.706. The molecule has 0 unspecified atom stereocenters. The number of ether oxygens (including phenoxy) is 1. The van der Waals surface area contributed by atoms with Gasteiger partial charge in [0.25, 0.3) is 0 Å². The van der Waals surface area contributed by atoms with Crippen LogP contribution in [0.3, 0.4) is 0 Å². The summed E-state index contributed by atoms with van der Waals surface area (Å²) in [5.41, 5.74) is 1.21. The molecule has 0 bridgehead atoms. The van der Waals surface area contributed by atoms with Gasteiger partial charge in [0.2, 0.25) is 10.0 Å². The van der Waals surface area contributed by atoms with Crippen molar-refractivity contribution in [2.24, 2.45) is 0 Å². The molecule has 0 amide bonds. The molecule has 132 valence electrons. The van der Waals surface area contributed by atoms with Crippen LogP contribution in [0.2, 0.25) is 5.02 Å². The Labute approximate surface area is 148 Å². The summed E-state index contributed by atoms with van der Waals surface area (Å²) in [6, 6.07) is 9.08. The molecule has 1 aromatic heterocycles. The second kappa shape index (κ2) is 6.55. The third-order valence-corrected chi connectivity index (χ3v) is 5.72. The van der Waals surface area contributed by atoms with Crippen LogP contribution in [-0.2, 0) is 10.0 Å². The minimum Gasteiger partial charge on any atom is -0.497 e. The molecule has 1 atom stereocenters. The summed E-state index contributed by atoms with van der Waals surface area (Å²) in [4.78, 5) is 13.5. The van der Waals surface area contributed by atoms with Crippen LogP contribution in [-0.4, -0.2) is 20.5 Å². The Bertz CT molecular complexity index is 1070. The summed E-state index contributed by atoms with van der Waals surface area (Å²) in [7, 11) is -2.37. The van der Waals surface area contributed by atoms with Crippen LogP contribution in [0.5, 0.6) is 5.75 Å². The van der Waals surface area contributed by atoms with E-state index in [1.807, 2.05) is 0 Å². The molecule has 1 heterocycles. The topological polar surface area (TPSA) is 101 Å². The Morgan fingerprint density at radius 2 is 1.92 bits per heavy atom. The molecule has 9 heteroatoms. The molecule has 7 nitrogen and oxygen atoms in total. The highest BCUT2D eigenvalue weighted by atomic mass is 35.5. The van der Waals surface area contributed by atoms with Crippen molar-refractivity contribution in [2.45, 2.75) is 17.9 Å². The van der Waals surface area contributed by atoms with Crippen LogP contribution in [0.25, 0.3) is 11.1 Å². The fourth-order valence-corrected chi connectivity index (χ4v) is 4.19. The maximum Gasteiger partial charge on any atom is 0.417 e. The third kappa shape index (κ3) is 3.55. The van der Waals surface area contributed by atoms with Gasteiger partial charge >= 0.3 is 5.76 Å². The lowest BCUT2D eigenvalue weighted by Gasteiger charge is -2.15. The van der Waals surface area contributed by atoms with E-state index in [9.17, 15) is 13.2 Å². The molecule has 3 rings (SSSR count). The molecule has 0 radical (unpaired) electrons. The number of nitrogens with one attached hydrogen (secondary N) is 2. The van der Waals surface area contributed by atoms with Crippen molar-refractivity contribution < 1.29 is 17.6 Å². The van der Waals surface area contributed by atoms with E-state index < -0.39 is 21.8 Å². The van der Waals surface area contributed by atoms with Crippen molar-refractivity contribution in [2.75, 3.05) is 7.11 Å². The van der Waals surface area contributed by atoms with Crippen molar-refractivity contribution in [3.05, 3.63) is 57.5 Å². The summed E-state index contributed by atoms with van der Waals surface area (Å²) in [5.74, 6) is -0.00466. The zero-order valence-corrected chi connectivity index (χ0v) is 14.9. The standard InChI is InChI=1S/C16H15ClN2O5S/c1-9(10-3-5-11(23-2)6-4-10)19-25(21,22)15-8-14-13(7-12(15)17)18-16(20)24-14/h3-9,19H,1-2H3,(H,18,20)/t9-/m1/s1. The number of sulfonamides is 1. The van der Waals surface area contributed by atoms with Gasteiger partial charge in [0, 0.05) is 12.1 Å². The van der Waals surface area contributed by atoms with Gasteiger partial charge in [0.05, 0.1) is 17.6 Å². The molecule has 0 aliphatic carbocycles. The van der Waals surface area contributed by atoms with Crippen LogP contribution in [0, 0.1) is 0 Å². The number of benzene rings is 2. The summed E-state index contributed by atoms with van der Waals surface area (Å²) in [6.45, 7) is 1.71. The van der Waals surface area contributed by atoms with Gasteiger partial charge in [-0.1, -0.05) is 23.7 Å². The first kappa shape index (κ1) is 17.5. The number of rotatable bonds is 5. The average molecular weight is 383 g/mol. The molecule has 0 fully saturated rings. The molecular formula is C16H15ClN2O5S. The molecule has 2 aromatic carbocycles. The Morgan fingerprint density at radius 1 is 1.24 bits per heavy atom. The maximum atomic E-state index is 12.7. The van der Waals surface area contributed by atoms with Gasteiger partial charge in [-0.15, -0.1) is 0 Å². The van der Waals surface area contributed by atoms with Gasteiger partial charge < -0.3 is 9.15 Å². The SMILES string of the molecule is COc1ccc([C@@H](C)NS(=O)(=O)c2cc3oc(=O)[nH]c3cc2Cl)cc1. The lowest BCUT2D eigenvalue weighted by atomic mass is 10.1. The van der Waals surface area contributed by atoms with Crippen molar-refractivity contribution in [1.82, 2.24) is 9.71 Å². The second-order valence-corrected chi connectivity index (χ2v) is 7.50. The van der Waals surface area contributed by atoms with Gasteiger partial charge in [0.1, 0.15) is 10.6 Å². The van der Waals surface area contributed by atoms with Crippen LogP contribution in [0.15, 0.2) is 50.5 Å². The summed E-state index contributed by atoms with van der Waals surface area (Å²) in [5, 5.41) is -0.0148. The smallest absolute Gasteiger partial charge is 0.417 e. The van der Waals surface area contributed by atoms with E-state index in [4.69, 9.17) is 20.8 Å². The van der Waals surface area contributed by atoms with E-state index in [0.717, 1.165) is 5.56 Å². The van der Waals surface area contributed by atoms with Crippen molar-refractivity contribution in [3.63, 3.8) is 0 Å². The number of aromatic nitrogens is 1. The summed E-state index contributed by atoms with van der Waals surface area (Å²) >= 11 is 6.07. The Hall–Kier alpha value is -2.29. The van der Waals surface area contributed by atoms with Crippen molar-refractivity contribution >= 4 is 32.7 Å².